The highest BCUT2D eigenvalue weighted by molar-refractivity contribution is 5.90. The standard InChI is InChI=1S/C13H12N4O5/c18-11(4-6-16-7-5-12(19)15-13(16)20)14-9-2-1-3-10(8-9)17(21)22/h1-3,5,7-8H,4,6H2,(H,14,18)(H,15,19,20). The van der Waals surface area contributed by atoms with Gasteiger partial charge in [0.2, 0.25) is 5.91 Å². The molecule has 0 unspecified atom stereocenters. The van der Waals surface area contributed by atoms with Crippen molar-refractivity contribution in [1.29, 1.82) is 0 Å². The minimum absolute atomic E-state index is 0.0192. The summed E-state index contributed by atoms with van der Waals surface area (Å²) in [5, 5.41) is 13.1. The molecule has 0 fully saturated rings. The normalized spacial score (nSPS) is 10.2. The molecule has 1 aromatic heterocycles. The number of non-ortho nitro benzene ring substituents is 1. The van der Waals surface area contributed by atoms with Gasteiger partial charge in [-0.2, -0.15) is 0 Å². The number of nitrogens with one attached hydrogen (secondary N) is 2. The van der Waals surface area contributed by atoms with Crippen LogP contribution in [0.5, 0.6) is 0 Å². The third-order valence-electron chi connectivity index (χ3n) is 2.82. The van der Waals surface area contributed by atoms with Gasteiger partial charge in [0.1, 0.15) is 0 Å². The number of hydrogen-bond acceptors (Lipinski definition) is 5. The number of aromatic amines is 1. The quantitative estimate of drug-likeness (QED) is 0.613. The molecule has 22 heavy (non-hydrogen) atoms. The number of aryl methyl sites for hydroxylation is 1. The molecule has 0 aliphatic carbocycles. The van der Waals surface area contributed by atoms with Crippen molar-refractivity contribution in [3.63, 3.8) is 0 Å². The van der Waals surface area contributed by atoms with Gasteiger partial charge in [-0.25, -0.2) is 4.79 Å². The SMILES string of the molecule is O=C(CCn1ccc(=O)[nH]c1=O)Nc1cccc([N+](=O)[O-])c1. The number of hydrogen-bond donors (Lipinski definition) is 2. The molecule has 2 aromatic rings. The predicted molar refractivity (Wildman–Crippen MR) is 77.7 cm³/mol. The first-order valence-electron chi connectivity index (χ1n) is 6.30. The van der Waals surface area contributed by atoms with Crippen molar-refractivity contribution < 1.29 is 9.72 Å². The van der Waals surface area contributed by atoms with Crippen molar-refractivity contribution in [3.05, 3.63) is 67.5 Å². The molecule has 1 aromatic carbocycles. The van der Waals surface area contributed by atoms with E-state index >= 15 is 0 Å². The molecule has 0 atom stereocenters. The van der Waals surface area contributed by atoms with E-state index in [2.05, 4.69) is 10.3 Å². The van der Waals surface area contributed by atoms with E-state index in [0.717, 1.165) is 0 Å². The summed E-state index contributed by atoms with van der Waals surface area (Å²) in [6.45, 7) is 0.0797. The molecule has 0 bridgehead atoms. The van der Waals surface area contributed by atoms with E-state index in [4.69, 9.17) is 0 Å². The first kappa shape index (κ1) is 15.2. The average Bonchev–Trinajstić information content (AvgIpc) is 2.46. The van der Waals surface area contributed by atoms with Gasteiger partial charge in [0.25, 0.3) is 11.2 Å². The summed E-state index contributed by atoms with van der Waals surface area (Å²) in [5.74, 6) is -0.404. The van der Waals surface area contributed by atoms with Crippen LogP contribution in [0.2, 0.25) is 0 Å². The fourth-order valence-corrected chi connectivity index (χ4v) is 1.76. The van der Waals surface area contributed by atoms with Crippen molar-refractivity contribution in [3.8, 4) is 0 Å². The molecule has 0 aliphatic rings. The van der Waals surface area contributed by atoms with Crippen LogP contribution in [0.4, 0.5) is 11.4 Å². The summed E-state index contributed by atoms with van der Waals surface area (Å²) in [6, 6.07) is 6.72. The van der Waals surface area contributed by atoms with E-state index < -0.39 is 22.1 Å². The Labute approximate surface area is 123 Å². The second-order valence-corrected chi connectivity index (χ2v) is 4.41. The average molecular weight is 304 g/mol. The Hall–Kier alpha value is -3.23. The van der Waals surface area contributed by atoms with Crippen LogP contribution >= 0.6 is 0 Å². The highest BCUT2D eigenvalue weighted by Gasteiger charge is 2.08. The zero-order valence-electron chi connectivity index (χ0n) is 11.3. The van der Waals surface area contributed by atoms with Gasteiger partial charge in [-0.15, -0.1) is 0 Å². The van der Waals surface area contributed by atoms with Gasteiger partial charge in [-0.3, -0.25) is 24.7 Å². The van der Waals surface area contributed by atoms with E-state index in [0.29, 0.717) is 5.69 Å². The zero-order chi connectivity index (χ0) is 16.1. The summed E-state index contributed by atoms with van der Waals surface area (Å²) in [5.41, 5.74) is -0.944. The first-order valence-corrected chi connectivity index (χ1v) is 6.30. The van der Waals surface area contributed by atoms with Crippen LogP contribution in [-0.2, 0) is 11.3 Å². The fraction of sp³-hybridized carbons (Fsp3) is 0.154. The van der Waals surface area contributed by atoms with E-state index in [1.54, 1.807) is 0 Å². The molecule has 9 nitrogen and oxygen atoms in total. The van der Waals surface area contributed by atoms with Crippen molar-refractivity contribution in [2.24, 2.45) is 0 Å². The lowest BCUT2D eigenvalue weighted by atomic mass is 10.2. The molecule has 0 aliphatic heterocycles. The van der Waals surface area contributed by atoms with Crippen LogP contribution < -0.4 is 16.6 Å². The van der Waals surface area contributed by atoms with Gasteiger partial charge in [-0.05, 0) is 6.07 Å². The van der Waals surface area contributed by atoms with Gasteiger partial charge in [0, 0.05) is 43.0 Å². The predicted octanol–water partition coefficient (Wildman–Crippen LogP) is 0.474. The lowest BCUT2D eigenvalue weighted by molar-refractivity contribution is -0.384. The van der Waals surface area contributed by atoms with E-state index in [9.17, 15) is 24.5 Å². The Kier molecular flexibility index (Phi) is 4.47. The lowest BCUT2D eigenvalue weighted by Gasteiger charge is -2.06. The molecule has 0 saturated heterocycles. The van der Waals surface area contributed by atoms with Crippen molar-refractivity contribution in [2.45, 2.75) is 13.0 Å². The van der Waals surface area contributed by atoms with E-state index in [1.807, 2.05) is 0 Å². The Bertz CT molecular complexity index is 823. The van der Waals surface area contributed by atoms with Gasteiger partial charge in [0.15, 0.2) is 0 Å². The number of carbonyl (C=O) groups excluding carboxylic acids is 1. The maximum atomic E-state index is 11.8. The smallest absolute Gasteiger partial charge is 0.326 e. The molecule has 1 heterocycles. The van der Waals surface area contributed by atoms with Crippen LogP contribution in [0.1, 0.15) is 6.42 Å². The maximum Gasteiger partial charge on any atom is 0.328 e. The fourth-order valence-electron chi connectivity index (χ4n) is 1.76. The highest BCUT2D eigenvalue weighted by Crippen LogP contribution is 2.17. The van der Waals surface area contributed by atoms with Crippen molar-refractivity contribution in [2.75, 3.05) is 5.32 Å². The molecule has 1 amide bonds. The lowest BCUT2D eigenvalue weighted by Crippen LogP contribution is -2.29. The number of carbonyl (C=O) groups is 1. The van der Waals surface area contributed by atoms with Gasteiger partial charge >= 0.3 is 5.69 Å². The first-order chi connectivity index (χ1) is 10.5. The zero-order valence-corrected chi connectivity index (χ0v) is 11.3. The van der Waals surface area contributed by atoms with Crippen LogP contribution in [0.3, 0.4) is 0 Å². The number of aromatic nitrogens is 2. The summed E-state index contributed by atoms with van der Waals surface area (Å²) >= 11 is 0. The van der Waals surface area contributed by atoms with Crippen LogP contribution in [-0.4, -0.2) is 20.4 Å². The molecule has 0 saturated carbocycles. The maximum absolute atomic E-state index is 11.8. The number of rotatable bonds is 5. The van der Waals surface area contributed by atoms with Crippen LogP contribution in [0.25, 0.3) is 0 Å². The van der Waals surface area contributed by atoms with E-state index in [-0.39, 0.29) is 18.7 Å². The Morgan fingerprint density at radius 3 is 2.77 bits per heavy atom. The number of nitrogens with zero attached hydrogens (tertiary/aromatic N) is 2. The third-order valence-corrected chi connectivity index (χ3v) is 2.82. The Balaban J connectivity index is 1.98. The largest absolute Gasteiger partial charge is 0.328 e. The monoisotopic (exact) mass is 304 g/mol. The molecule has 9 heteroatoms. The number of anilines is 1. The number of amides is 1. The Morgan fingerprint density at radius 2 is 2.09 bits per heavy atom. The summed E-state index contributed by atoms with van der Waals surface area (Å²) in [7, 11) is 0. The number of nitro benzene ring substituents is 1. The topological polar surface area (TPSA) is 127 Å². The number of benzene rings is 1. The molecule has 0 radical (unpaired) electrons. The van der Waals surface area contributed by atoms with Gasteiger partial charge < -0.3 is 9.88 Å². The molecule has 2 rings (SSSR count). The summed E-state index contributed by atoms with van der Waals surface area (Å²) < 4.78 is 1.19. The van der Waals surface area contributed by atoms with Crippen molar-refractivity contribution in [1.82, 2.24) is 9.55 Å². The van der Waals surface area contributed by atoms with Crippen molar-refractivity contribution >= 4 is 17.3 Å². The number of H-pyrrole nitrogens is 1. The van der Waals surface area contributed by atoms with Crippen LogP contribution in [0, 0.1) is 10.1 Å². The van der Waals surface area contributed by atoms with Gasteiger partial charge in [0.05, 0.1) is 4.92 Å². The minimum Gasteiger partial charge on any atom is -0.326 e. The highest BCUT2D eigenvalue weighted by atomic mass is 16.6. The minimum atomic E-state index is -0.601. The molecule has 2 N–H and O–H groups in total. The van der Waals surface area contributed by atoms with E-state index in [1.165, 1.54) is 41.1 Å². The molecular formula is C13H12N4O5. The van der Waals surface area contributed by atoms with Crippen LogP contribution in [0.15, 0.2) is 46.1 Å². The molecule has 114 valence electrons. The number of nitro groups is 1. The second kappa shape index (κ2) is 6.48. The van der Waals surface area contributed by atoms with Gasteiger partial charge in [-0.1, -0.05) is 6.07 Å². The third kappa shape index (κ3) is 3.88. The Morgan fingerprint density at radius 1 is 1.32 bits per heavy atom. The molecule has 0 spiro atoms. The summed E-state index contributed by atoms with van der Waals surface area (Å²) in [4.78, 5) is 46.3. The summed E-state index contributed by atoms with van der Waals surface area (Å²) in [6.07, 6.45) is 1.27. The molecular weight excluding hydrogens is 292 g/mol. The second-order valence-electron chi connectivity index (χ2n) is 4.41.